The molecule has 0 aromatic heterocycles. The van der Waals surface area contributed by atoms with Crippen LogP contribution in [0.4, 0.5) is 5.69 Å². The molecule has 20 heavy (non-hydrogen) atoms. The van der Waals surface area contributed by atoms with Crippen molar-refractivity contribution in [3.63, 3.8) is 0 Å². The molecule has 1 heterocycles. The van der Waals surface area contributed by atoms with Gasteiger partial charge in [0.25, 0.3) is 0 Å². The lowest BCUT2D eigenvalue weighted by Gasteiger charge is -2.32. The summed E-state index contributed by atoms with van der Waals surface area (Å²) in [7, 11) is 3.07. The van der Waals surface area contributed by atoms with Crippen LogP contribution >= 0.6 is 0 Å². The second kappa shape index (κ2) is 5.81. The minimum Gasteiger partial charge on any atom is -0.493 e. The van der Waals surface area contributed by atoms with Gasteiger partial charge in [0.2, 0.25) is 11.8 Å². The largest absolute Gasteiger partial charge is 0.493 e. The molecule has 6 nitrogen and oxygen atoms in total. The van der Waals surface area contributed by atoms with Gasteiger partial charge in [-0.1, -0.05) is 6.92 Å². The molecule has 1 aliphatic rings. The smallest absolute Gasteiger partial charge is 0.250 e. The van der Waals surface area contributed by atoms with Crippen LogP contribution in [-0.4, -0.2) is 38.6 Å². The van der Waals surface area contributed by atoms with Crippen molar-refractivity contribution in [1.29, 1.82) is 0 Å². The van der Waals surface area contributed by atoms with Crippen molar-refractivity contribution in [3.8, 4) is 11.5 Å². The highest BCUT2D eigenvalue weighted by atomic mass is 16.5. The van der Waals surface area contributed by atoms with Gasteiger partial charge in [0, 0.05) is 11.8 Å². The topological polar surface area (TPSA) is 67.9 Å². The molecule has 1 saturated heterocycles. The number of ether oxygens (including phenoxy) is 2. The third kappa shape index (κ3) is 2.54. The van der Waals surface area contributed by atoms with Crippen LogP contribution in [0, 0.1) is 0 Å². The highest BCUT2D eigenvalue weighted by molar-refractivity contribution is 6.06. The van der Waals surface area contributed by atoms with E-state index in [2.05, 4.69) is 5.32 Å². The van der Waals surface area contributed by atoms with Gasteiger partial charge in [-0.2, -0.15) is 0 Å². The third-order valence-electron chi connectivity index (χ3n) is 3.29. The summed E-state index contributed by atoms with van der Waals surface area (Å²) in [5.74, 6) is 0.833. The molecular weight excluding hydrogens is 260 g/mol. The molecule has 1 fully saturated rings. The number of carbonyl (C=O) groups excluding carboxylic acids is 2. The van der Waals surface area contributed by atoms with E-state index in [1.165, 1.54) is 12.0 Å². The Balaban J connectivity index is 2.34. The molecule has 0 saturated carbocycles. The highest BCUT2D eigenvalue weighted by Crippen LogP contribution is 2.32. The van der Waals surface area contributed by atoms with Crippen LogP contribution < -0.4 is 19.7 Å². The van der Waals surface area contributed by atoms with Gasteiger partial charge < -0.3 is 19.7 Å². The molecule has 2 rings (SSSR count). The monoisotopic (exact) mass is 278 g/mol. The Morgan fingerprint density at radius 1 is 1.25 bits per heavy atom. The van der Waals surface area contributed by atoms with E-state index in [9.17, 15) is 9.59 Å². The molecule has 1 atom stereocenters. The fourth-order valence-corrected chi connectivity index (χ4v) is 2.20. The SMILES string of the molecule is CCC1NC(=O)CN(c2ccc(OC)c(OC)c2)C1=O. The molecule has 0 radical (unpaired) electrons. The predicted octanol–water partition coefficient (Wildman–Crippen LogP) is 0.945. The van der Waals surface area contributed by atoms with Crippen molar-refractivity contribution in [2.45, 2.75) is 19.4 Å². The van der Waals surface area contributed by atoms with Gasteiger partial charge >= 0.3 is 0 Å². The molecule has 1 unspecified atom stereocenters. The molecule has 0 bridgehead atoms. The maximum Gasteiger partial charge on any atom is 0.250 e. The van der Waals surface area contributed by atoms with Gasteiger partial charge in [-0.3, -0.25) is 9.59 Å². The van der Waals surface area contributed by atoms with Crippen molar-refractivity contribution < 1.29 is 19.1 Å². The number of nitrogens with zero attached hydrogens (tertiary/aromatic N) is 1. The molecule has 108 valence electrons. The van der Waals surface area contributed by atoms with Crippen LogP contribution in [0.3, 0.4) is 0 Å². The van der Waals surface area contributed by atoms with Crippen LogP contribution in [-0.2, 0) is 9.59 Å². The van der Waals surface area contributed by atoms with Gasteiger partial charge in [0.15, 0.2) is 11.5 Å². The first-order valence-electron chi connectivity index (χ1n) is 6.43. The standard InChI is InChI=1S/C14H18N2O4/c1-4-10-14(18)16(8-13(17)15-10)9-5-6-11(19-2)12(7-9)20-3/h5-7,10H,4,8H2,1-3H3,(H,15,17). The lowest BCUT2D eigenvalue weighted by molar-refractivity contribution is -0.131. The maximum absolute atomic E-state index is 12.3. The van der Waals surface area contributed by atoms with Crippen LogP contribution in [0.2, 0.25) is 0 Å². The van der Waals surface area contributed by atoms with E-state index < -0.39 is 6.04 Å². The number of piperazine rings is 1. The minimum absolute atomic E-state index is 0.0187. The normalized spacial score (nSPS) is 18.8. The predicted molar refractivity (Wildman–Crippen MR) is 74.1 cm³/mol. The summed E-state index contributed by atoms with van der Waals surface area (Å²) in [6.45, 7) is 1.88. The fraction of sp³-hybridized carbons (Fsp3) is 0.429. The molecular formula is C14H18N2O4. The molecule has 1 aromatic rings. The number of anilines is 1. The van der Waals surface area contributed by atoms with Crippen molar-refractivity contribution in [1.82, 2.24) is 5.32 Å². The van der Waals surface area contributed by atoms with E-state index in [0.29, 0.717) is 23.6 Å². The molecule has 6 heteroatoms. The second-order valence-electron chi connectivity index (χ2n) is 4.49. The summed E-state index contributed by atoms with van der Waals surface area (Å²) in [5, 5.41) is 2.68. The molecule has 1 N–H and O–H groups in total. The number of methoxy groups -OCH3 is 2. The molecule has 2 amide bonds. The maximum atomic E-state index is 12.3. The number of benzene rings is 1. The molecule has 0 spiro atoms. The van der Waals surface area contributed by atoms with Gasteiger partial charge in [0.05, 0.1) is 14.2 Å². The highest BCUT2D eigenvalue weighted by Gasteiger charge is 2.32. The van der Waals surface area contributed by atoms with Gasteiger partial charge in [-0.05, 0) is 18.6 Å². The second-order valence-corrected chi connectivity index (χ2v) is 4.49. The Kier molecular flexibility index (Phi) is 4.12. The van der Waals surface area contributed by atoms with Gasteiger partial charge in [-0.15, -0.1) is 0 Å². The van der Waals surface area contributed by atoms with Crippen LogP contribution in [0.15, 0.2) is 18.2 Å². The van der Waals surface area contributed by atoms with Crippen molar-refractivity contribution in [3.05, 3.63) is 18.2 Å². The molecule has 1 aromatic carbocycles. The number of nitrogens with one attached hydrogen (secondary N) is 1. The average Bonchev–Trinajstić information content (AvgIpc) is 2.48. The Hall–Kier alpha value is -2.24. The molecule has 0 aliphatic carbocycles. The Morgan fingerprint density at radius 2 is 1.95 bits per heavy atom. The average molecular weight is 278 g/mol. The number of carbonyl (C=O) groups is 2. The van der Waals surface area contributed by atoms with E-state index in [4.69, 9.17) is 9.47 Å². The number of amides is 2. The zero-order valence-electron chi connectivity index (χ0n) is 11.8. The zero-order chi connectivity index (χ0) is 14.7. The number of hydrogen-bond acceptors (Lipinski definition) is 4. The Bertz CT molecular complexity index is 530. The van der Waals surface area contributed by atoms with E-state index in [1.54, 1.807) is 25.3 Å². The van der Waals surface area contributed by atoms with Gasteiger partial charge in [-0.25, -0.2) is 0 Å². The Labute approximate surface area is 117 Å². The Morgan fingerprint density at radius 3 is 2.55 bits per heavy atom. The van der Waals surface area contributed by atoms with E-state index in [-0.39, 0.29) is 18.4 Å². The first kappa shape index (κ1) is 14.2. The number of hydrogen-bond donors (Lipinski definition) is 1. The lowest BCUT2D eigenvalue weighted by atomic mass is 10.1. The van der Waals surface area contributed by atoms with E-state index in [1.807, 2.05) is 6.92 Å². The quantitative estimate of drug-likeness (QED) is 0.890. The van der Waals surface area contributed by atoms with Crippen molar-refractivity contribution >= 4 is 17.5 Å². The lowest BCUT2D eigenvalue weighted by Crippen LogP contribution is -2.58. The fourth-order valence-electron chi connectivity index (χ4n) is 2.20. The number of rotatable bonds is 4. The summed E-state index contributed by atoms with van der Waals surface area (Å²) >= 11 is 0. The minimum atomic E-state index is -0.468. The van der Waals surface area contributed by atoms with Gasteiger partial charge in [0.1, 0.15) is 12.6 Å². The molecule has 1 aliphatic heterocycles. The van der Waals surface area contributed by atoms with Crippen molar-refractivity contribution in [2.75, 3.05) is 25.7 Å². The summed E-state index contributed by atoms with van der Waals surface area (Å²) in [6.07, 6.45) is 0.564. The van der Waals surface area contributed by atoms with E-state index in [0.717, 1.165) is 0 Å². The van der Waals surface area contributed by atoms with Crippen LogP contribution in [0.1, 0.15) is 13.3 Å². The first-order chi connectivity index (χ1) is 9.60. The van der Waals surface area contributed by atoms with Crippen LogP contribution in [0.5, 0.6) is 11.5 Å². The summed E-state index contributed by atoms with van der Waals surface area (Å²) in [4.78, 5) is 25.4. The first-order valence-corrected chi connectivity index (χ1v) is 6.43. The summed E-state index contributed by atoms with van der Waals surface area (Å²) in [5.41, 5.74) is 0.626. The van der Waals surface area contributed by atoms with E-state index >= 15 is 0 Å². The third-order valence-corrected chi connectivity index (χ3v) is 3.29. The van der Waals surface area contributed by atoms with Crippen molar-refractivity contribution in [2.24, 2.45) is 0 Å². The zero-order valence-corrected chi connectivity index (χ0v) is 11.8. The van der Waals surface area contributed by atoms with Crippen LogP contribution in [0.25, 0.3) is 0 Å². The summed E-state index contributed by atoms with van der Waals surface area (Å²) in [6, 6.07) is 4.69. The summed E-state index contributed by atoms with van der Waals surface area (Å²) < 4.78 is 10.4.